The molecule has 1 saturated carbocycles. The quantitative estimate of drug-likeness (QED) is 0.943. The highest BCUT2D eigenvalue weighted by molar-refractivity contribution is 6.28. The number of hydrogen-bond acceptors (Lipinski definition) is 5. The lowest BCUT2D eigenvalue weighted by Gasteiger charge is -2.21. The van der Waals surface area contributed by atoms with Gasteiger partial charge in [-0.3, -0.25) is 0 Å². The van der Waals surface area contributed by atoms with Gasteiger partial charge in [0.15, 0.2) is 0 Å². The molecule has 0 radical (unpaired) electrons. The molecule has 0 bridgehead atoms. The molecule has 0 saturated heterocycles. The third-order valence-corrected chi connectivity index (χ3v) is 3.91. The summed E-state index contributed by atoms with van der Waals surface area (Å²) in [6.07, 6.45) is 12.3. The predicted molar refractivity (Wildman–Crippen MR) is 81.7 cm³/mol. The summed E-state index contributed by atoms with van der Waals surface area (Å²) in [6.45, 7) is 0. The Morgan fingerprint density at radius 1 is 1.05 bits per heavy atom. The molecule has 2 heterocycles. The molecule has 1 aliphatic rings. The minimum absolute atomic E-state index is 0.184. The molecule has 0 atom stereocenters. The zero-order valence-corrected chi connectivity index (χ0v) is 12.6. The van der Waals surface area contributed by atoms with Crippen LogP contribution in [-0.2, 0) is 0 Å². The van der Waals surface area contributed by atoms with Crippen LogP contribution in [0.25, 0.3) is 5.95 Å². The van der Waals surface area contributed by atoms with Gasteiger partial charge >= 0.3 is 0 Å². The van der Waals surface area contributed by atoms with Crippen molar-refractivity contribution in [1.82, 2.24) is 24.7 Å². The van der Waals surface area contributed by atoms with Crippen molar-refractivity contribution in [3.05, 3.63) is 23.7 Å². The van der Waals surface area contributed by atoms with Crippen molar-refractivity contribution in [3.63, 3.8) is 0 Å². The minimum atomic E-state index is 0.184. The fourth-order valence-electron chi connectivity index (χ4n) is 2.68. The Labute approximate surface area is 129 Å². The largest absolute Gasteiger partial charge is 0.351 e. The highest BCUT2D eigenvalue weighted by atomic mass is 35.5. The zero-order chi connectivity index (χ0) is 14.5. The SMILES string of the molecule is Clc1nc(NC2CCCCCCC2)nc(-n2cccn2)n1. The van der Waals surface area contributed by atoms with E-state index in [0.717, 1.165) is 12.8 Å². The second-order valence-electron chi connectivity index (χ2n) is 5.37. The van der Waals surface area contributed by atoms with Crippen LogP contribution in [0.5, 0.6) is 0 Å². The van der Waals surface area contributed by atoms with Gasteiger partial charge in [-0.15, -0.1) is 0 Å². The maximum absolute atomic E-state index is 6.00. The molecule has 0 aliphatic heterocycles. The lowest BCUT2D eigenvalue weighted by atomic mass is 9.97. The maximum atomic E-state index is 6.00. The van der Waals surface area contributed by atoms with Gasteiger partial charge in [0.2, 0.25) is 11.2 Å². The first-order valence-electron chi connectivity index (χ1n) is 7.49. The first-order valence-corrected chi connectivity index (χ1v) is 7.87. The standard InChI is InChI=1S/C14H19ClN6/c15-12-18-13(17-11-7-4-2-1-3-5-8-11)20-14(19-12)21-10-6-9-16-21/h6,9-11H,1-5,7-8H2,(H,17,18,19,20). The van der Waals surface area contributed by atoms with Crippen LogP contribution in [0.2, 0.25) is 5.28 Å². The number of nitrogens with zero attached hydrogens (tertiary/aromatic N) is 5. The summed E-state index contributed by atoms with van der Waals surface area (Å²) in [5.41, 5.74) is 0. The van der Waals surface area contributed by atoms with E-state index in [0.29, 0.717) is 17.9 Å². The summed E-state index contributed by atoms with van der Waals surface area (Å²) < 4.78 is 1.58. The lowest BCUT2D eigenvalue weighted by molar-refractivity contribution is 0.469. The molecule has 112 valence electrons. The van der Waals surface area contributed by atoms with Crippen molar-refractivity contribution in [2.45, 2.75) is 51.0 Å². The van der Waals surface area contributed by atoms with Gasteiger partial charge in [-0.25, -0.2) is 4.68 Å². The maximum Gasteiger partial charge on any atom is 0.256 e. The van der Waals surface area contributed by atoms with E-state index < -0.39 is 0 Å². The Morgan fingerprint density at radius 3 is 2.52 bits per heavy atom. The van der Waals surface area contributed by atoms with Crippen LogP contribution in [0.4, 0.5) is 5.95 Å². The van der Waals surface area contributed by atoms with Gasteiger partial charge in [-0.05, 0) is 30.5 Å². The zero-order valence-electron chi connectivity index (χ0n) is 11.9. The monoisotopic (exact) mass is 306 g/mol. The molecule has 1 aliphatic carbocycles. The van der Waals surface area contributed by atoms with Crippen molar-refractivity contribution in [2.75, 3.05) is 5.32 Å². The van der Waals surface area contributed by atoms with Crippen LogP contribution in [0.1, 0.15) is 44.9 Å². The van der Waals surface area contributed by atoms with E-state index in [1.54, 1.807) is 17.1 Å². The fourth-order valence-corrected chi connectivity index (χ4v) is 2.83. The van der Waals surface area contributed by atoms with Gasteiger partial charge in [-0.1, -0.05) is 32.1 Å². The predicted octanol–water partition coefficient (Wildman–Crippen LogP) is 3.24. The third-order valence-electron chi connectivity index (χ3n) is 3.74. The van der Waals surface area contributed by atoms with Crippen LogP contribution in [0.3, 0.4) is 0 Å². The first-order chi connectivity index (χ1) is 10.3. The molecule has 1 fully saturated rings. The first kappa shape index (κ1) is 14.3. The van der Waals surface area contributed by atoms with Crippen LogP contribution in [0.15, 0.2) is 18.5 Å². The van der Waals surface area contributed by atoms with Crippen LogP contribution in [-0.4, -0.2) is 30.8 Å². The summed E-state index contributed by atoms with van der Waals surface area (Å²) >= 11 is 6.00. The number of anilines is 1. The molecular formula is C14H19ClN6. The van der Waals surface area contributed by atoms with Crippen molar-refractivity contribution in [3.8, 4) is 5.95 Å². The Bertz CT molecular complexity index is 563. The van der Waals surface area contributed by atoms with E-state index >= 15 is 0 Å². The van der Waals surface area contributed by atoms with E-state index in [4.69, 9.17) is 11.6 Å². The molecule has 21 heavy (non-hydrogen) atoms. The van der Waals surface area contributed by atoms with Crippen molar-refractivity contribution >= 4 is 17.5 Å². The van der Waals surface area contributed by atoms with Crippen molar-refractivity contribution in [2.24, 2.45) is 0 Å². The normalized spacial score (nSPS) is 17.2. The molecule has 0 aromatic carbocycles. The van der Waals surface area contributed by atoms with E-state index in [2.05, 4.69) is 25.4 Å². The Hall–Kier alpha value is -1.69. The van der Waals surface area contributed by atoms with Crippen LogP contribution in [0, 0.1) is 0 Å². The summed E-state index contributed by atoms with van der Waals surface area (Å²) in [6, 6.07) is 2.23. The highest BCUT2D eigenvalue weighted by Gasteiger charge is 2.14. The number of aromatic nitrogens is 5. The average molecular weight is 307 g/mol. The van der Waals surface area contributed by atoms with Crippen LogP contribution < -0.4 is 5.32 Å². The lowest BCUT2D eigenvalue weighted by Crippen LogP contribution is -2.22. The summed E-state index contributed by atoms with van der Waals surface area (Å²) in [4.78, 5) is 12.7. The van der Waals surface area contributed by atoms with Gasteiger partial charge in [-0.2, -0.15) is 20.1 Å². The van der Waals surface area contributed by atoms with Crippen molar-refractivity contribution in [1.29, 1.82) is 0 Å². The minimum Gasteiger partial charge on any atom is -0.351 e. The molecule has 2 aromatic rings. The van der Waals surface area contributed by atoms with E-state index in [-0.39, 0.29) is 5.28 Å². The molecule has 3 rings (SSSR count). The average Bonchev–Trinajstić information content (AvgIpc) is 2.95. The fraction of sp³-hybridized carbons (Fsp3) is 0.571. The second-order valence-corrected chi connectivity index (χ2v) is 5.70. The molecular weight excluding hydrogens is 288 g/mol. The summed E-state index contributed by atoms with van der Waals surface area (Å²) in [5.74, 6) is 0.972. The molecule has 0 spiro atoms. The van der Waals surface area contributed by atoms with Gasteiger partial charge in [0, 0.05) is 18.4 Å². The molecule has 0 unspecified atom stereocenters. The smallest absolute Gasteiger partial charge is 0.256 e. The summed E-state index contributed by atoms with van der Waals surface area (Å²) in [7, 11) is 0. The van der Waals surface area contributed by atoms with E-state index in [1.807, 2.05) is 6.07 Å². The Morgan fingerprint density at radius 2 is 1.81 bits per heavy atom. The van der Waals surface area contributed by atoms with E-state index in [9.17, 15) is 0 Å². The molecule has 2 aromatic heterocycles. The molecule has 6 nitrogen and oxygen atoms in total. The van der Waals surface area contributed by atoms with Crippen LogP contribution >= 0.6 is 11.6 Å². The van der Waals surface area contributed by atoms with Crippen molar-refractivity contribution < 1.29 is 0 Å². The van der Waals surface area contributed by atoms with Gasteiger partial charge < -0.3 is 5.32 Å². The van der Waals surface area contributed by atoms with Gasteiger partial charge in [0.05, 0.1) is 0 Å². The number of nitrogens with one attached hydrogen (secondary N) is 1. The number of hydrogen-bond donors (Lipinski definition) is 1. The second kappa shape index (κ2) is 6.85. The Kier molecular flexibility index (Phi) is 4.65. The van der Waals surface area contributed by atoms with Gasteiger partial charge in [0.1, 0.15) is 0 Å². The van der Waals surface area contributed by atoms with Gasteiger partial charge in [0.25, 0.3) is 5.95 Å². The topological polar surface area (TPSA) is 68.5 Å². The molecule has 1 N–H and O–H groups in total. The summed E-state index contributed by atoms with van der Waals surface area (Å²) in [5, 5.41) is 7.71. The Balaban J connectivity index is 1.75. The molecule has 7 heteroatoms. The number of halogens is 1. The highest BCUT2D eigenvalue weighted by Crippen LogP contribution is 2.20. The third kappa shape index (κ3) is 3.91. The molecule has 0 amide bonds. The van der Waals surface area contributed by atoms with E-state index in [1.165, 1.54) is 32.1 Å². The number of rotatable bonds is 3.